The lowest BCUT2D eigenvalue weighted by Crippen LogP contribution is -2.48. The number of nitrogens with two attached hydrogens (primary N) is 1. The van der Waals surface area contributed by atoms with Gasteiger partial charge in [0.15, 0.2) is 0 Å². The van der Waals surface area contributed by atoms with Crippen molar-refractivity contribution >= 4 is 6.03 Å². The quantitative estimate of drug-likeness (QED) is 0.648. The standard InChI is InChI=1S/C8H19N3O/c1-8(2,5-6-9)10-7(12)11(3)4/h5-6,9H2,1-4H3,(H,10,12). The van der Waals surface area contributed by atoms with E-state index in [-0.39, 0.29) is 11.6 Å². The van der Waals surface area contributed by atoms with Crippen molar-refractivity contribution in [1.82, 2.24) is 10.2 Å². The molecular weight excluding hydrogens is 154 g/mol. The molecular formula is C8H19N3O. The molecule has 0 saturated heterocycles. The molecule has 0 unspecified atom stereocenters. The van der Waals surface area contributed by atoms with Gasteiger partial charge in [0.05, 0.1) is 0 Å². The monoisotopic (exact) mass is 173 g/mol. The van der Waals surface area contributed by atoms with Crippen molar-refractivity contribution in [2.75, 3.05) is 20.6 Å². The van der Waals surface area contributed by atoms with Crippen molar-refractivity contribution in [3.63, 3.8) is 0 Å². The van der Waals surface area contributed by atoms with Gasteiger partial charge in [-0.25, -0.2) is 4.79 Å². The highest BCUT2D eigenvalue weighted by Gasteiger charge is 2.19. The van der Waals surface area contributed by atoms with E-state index in [0.717, 1.165) is 6.42 Å². The fourth-order valence-corrected chi connectivity index (χ4v) is 0.825. The van der Waals surface area contributed by atoms with Gasteiger partial charge in [0.25, 0.3) is 0 Å². The number of carbonyl (C=O) groups excluding carboxylic acids is 1. The van der Waals surface area contributed by atoms with Gasteiger partial charge in [-0.05, 0) is 26.8 Å². The summed E-state index contributed by atoms with van der Waals surface area (Å²) in [7, 11) is 3.43. The molecule has 0 saturated carbocycles. The average molecular weight is 173 g/mol. The molecule has 0 aliphatic heterocycles. The molecule has 0 atom stereocenters. The second-order valence-corrected chi connectivity index (χ2v) is 3.75. The molecule has 4 heteroatoms. The lowest BCUT2D eigenvalue weighted by molar-refractivity contribution is 0.204. The number of amides is 2. The van der Waals surface area contributed by atoms with E-state index in [4.69, 9.17) is 5.73 Å². The summed E-state index contributed by atoms with van der Waals surface area (Å²) in [5.74, 6) is 0. The molecule has 0 aromatic carbocycles. The van der Waals surface area contributed by atoms with Crippen molar-refractivity contribution in [1.29, 1.82) is 0 Å². The van der Waals surface area contributed by atoms with Gasteiger partial charge in [-0.15, -0.1) is 0 Å². The zero-order valence-electron chi connectivity index (χ0n) is 8.35. The molecule has 12 heavy (non-hydrogen) atoms. The Kier molecular flexibility index (Phi) is 4.03. The van der Waals surface area contributed by atoms with E-state index in [1.165, 1.54) is 4.90 Å². The van der Waals surface area contributed by atoms with E-state index in [1.807, 2.05) is 13.8 Å². The van der Waals surface area contributed by atoms with Crippen LogP contribution in [0.3, 0.4) is 0 Å². The van der Waals surface area contributed by atoms with Gasteiger partial charge in [-0.2, -0.15) is 0 Å². The number of hydrogen-bond donors (Lipinski definition) is 2. The van der Waals surface area contributed by atoms with E-state index in [2.05, 4.69) is 5.32 Å². The molecule has 0 heterocycles. The second kappa shape index (κ2) is 4.30. The lowest BCUT2D eigenvalue weighted by atomic mass is 10.0. The maximum atomic E-state index is 11.2. The summed E-state index contributed by atoms with van der Waals surface area (Å²) in [6.07, 6.45) is 0.784. The first-order valence-corrected chi connectivity index (χ1v) is 4.08. The van der Waals surface area contributed by atoms with Crippen LogP contribution in [0, 0.1) is 0 Å². The zero-order valence-corrected chi connectivity index (χ0v) is 8.35. The number of nitrogens with one attached hydrogen (secondary N) is 1. The van der Waals surface area contributed by atoms with Gasteiger partial charge in [0, 0.05) is 19.6 Å². The number of rotatable bonds is 3. The van der Waals surface area contributed by atoms with Gasteiger partial charge < -0.3 is 16.0 Å². The molecule has 0 radical (unpaired) electrons. The first-order valence-electron chi connectivity index (χ1n) is 4.08. The molecule has 0 aliphatic rings. The van der Waals surface area contributed by atoms with E-state index < -0.39 is 0 Å². The van der Waals surface area contributed by atoms with Crippen molar-refractivity contribution in [2.45, 2.75) is 25.8 Å². The van der Waals surface area contributed by atoms with E-state index >= 15 is 0 Å². The van der Waals surface area contributed by atoms with Crippen LogP contribution in [-0.2, 0) is 0 Å². The summed E-state index contributed by atoms with van der Waals surface area (Å²) in [4.78, 5) is 12.7. The largest absolute Gasteiger partial charge is 0.333 e. The number of nitrogens with zero attached hydrogens (tertiary/aromatic N) is 1. The van der Waals surface area contributed by atoms with Crippen LogP contribution in [-0.4, -0.2) is 37.1 Å². The molecule has 0 bridgehead atoms. The number of carbonyl (C=O) groups is 1. The van der Waals surface area contributed by atoms with Gasteiger partial charge in [-0.1, -0.05) is 0 Å². The minimum Gasteiger partial charge on any atom is -0.333 e. The van der Waals surface area contributed by atoms with E-state index in [0.29, 0.717) is 6.54 Å². The fraction of sp³-hybridized carbons (Fsp3) is 0.875. The molecule has 0 aromatic heterocycles. The van der Waals surface area contributed by atoms with Crippen LogP contribution in [0.15, 0.2) is 0 Å². The Morgan fingerprint density at radius 3 is 2.33 bits per heavy atom. The minimum atomic E-state index is -0.212. The van der Waals surface area contributed by atoms with Gasteiger partial charge in [0.1, 0.15) is 0 Å². The molecule has 0 fully saturated rings. The number of urea groups is 1. The first-order chi connectivity index (χ1) is 5.39. The Morgan fingerprint density at radius 2 is 2.00 bits per heavy atom. The molecule has 72 valence electrons. The topological polar surface area (TPSA) is 58.4 Å². The highest BCUT2D eigenvalue weighted by molar-refractivity contribution is 5.74. The Morgan fingerprint density at radius 1 is 1.50 bits per heavy atom. The van der Waals surface area contributed by atoms with Crippen molar-refractivity contribution in [3.05, 3.63) is 0 Å². The van der Waals surface area contributed by atoms with E-state index in [1.54, 1.807) is 14.1 Å². The van der Waals surface area contributed by atoms with Crippen LogP contribution in [0.5, 0.6) is 0 Å². The summed E-state index contributed by atoms with van der Waals surface area (Å²) in [5, 5.41) is 2.86. The highest BCUT2D eigenvalue weighted by atomic mass is 16.2. The van der Waals surface area contributed by atoms with Crippen LogP contribution in [0.4, 0.5) is 4.79 Å². The summed E-state index contributed by atoms with van der Waals surface area (Å²) in [6.45, 7) is 4.50. The number of hydrogen-bond acceptors (Lipinski definition) is 2. The first kappa shape index (κ1) is 11.2. The third kappa shape index (κ3) is 4.18. The van der Waals surface area contributed by atoms with Crippen LogP contribution < -0.4 is 11.1 Å². The smallest absolute Gasteiger partial charge is 0.317 e. The third-order valence-electron chi connectivity index (χ3n) is 1.62. The Hall–Kier alpha value is -0.770. The maximum absolute atomic E-state index is 11.2. The lowest BCUT2D eigenvalue weighted by Gasteiger charge is -2.27. The zero-order chi connectivity index (χ0) is 9.78. The molecule has 0 aliphatic carbocycles. The van der Waals surface area contributed by atoms with Crippen LogP contribution in [0.25, 0.3) is 0 Å². The minimum absolute atomic E-state index is 0.0755. The van der Waals surface area contributed by atoms with Crippen LogP contribution in [0.2, 0.25) is 0 Å². The highest BCUT2D eigenvalue weighted by Crippen LogP contribution is 2.06. The van der Waals surface area contributed by atoms with E-state index in [9.17, 15) is 4.79 Å². The van der Waals surface area contributed by atoms with Gasteiger partial charge in [0.2, 0.25) is 0 Å². The predicted octanol–water partition coefficient (Wildman–Crippen LogP) is 0.385. The third-order valence-corrected chi connectivity index (χ3v) is 1.62. The molecule has 0 aromatic rings. The second-order valence-electron chi connectivity index (χ2n) is 3.75. The van der Waals surface area contributed by atoms with Crippen molar-refractivity contribution in [2.24, 2.45) is 5.73 Å². The Bertz CT molecular complexity index is 154. The summed E-state index contributed by atoms with van der Waals surface area (Å²) in [5.41, 5.74) is 5.19. The average Bonchev–Trinajstić information content (AvgIpc) is 1.85. The van der Waals surface area contributed by atoms with Crippen molar-refractivity contribution < 1.29 is 4.79 Å². The Labute approximate surface area is 74.1 Å². The molecule has 0 spiro atoms. The van der Waals surface area contributed by atoms with Gasteiger partial charge in [-0.3, -0.25) is 0 Å². The summed E-state index contributed by atoms with van der Waals surface area (Å²) < 4.78 is 0. The molecule has 4 nitrogen and oxygen atoms in total. The fourth-order valence-electron chi connectivity index (χ4n) is 0.825. The molecule has 2 amide bonds. The Balaban J connectivity index is 3.96. The normalized spacial score (nSPS) is 11.1. The summed E-state index contributed by atoms with van der Waals surface area (Å²) in [6, 6.07) is -0.0755. The SMILES string of the molecule is CN(C)C(=O)NC(C)(C)CCN. The van der Waals surface area contributed by atoms with Crippen LogP contribution >= 0.6 is 0 Å². The van der Waals surface area contributed by atoms with Gasteiger partial charge >= 0.3 is 6.03 Å². The predicted molar refractivity (Wildman–Crippen MR) is 50.0 cm³/mol. The summed E-state index contributed by atoms with van der Waals surface area (Å²) >= 11 is 0. The van der Waals surface area contributed by atoms with Crippen LogP contribution in [0.1, 0.15) is 20.3 Å². The molecule has 0 rings (SSSR count). The van der Waals surface area contributed by atoms with Crippen molar-refractivity contribution in [3.8, 4) is 0 Å². The maximum Gasteiger partial charge on any atom is 0.317 e. The molecule has 3 N–H and O–H groups in total.